The van der Waals surface area contributed by atoms with Crippen molar-refractivity contribution in [3.05, 3.63) is 35.7 Å². The highest BCUT2D eigenvalue weighted by molar-refractivity contribution is 7.99. The molecule has 154 valence electrons. The van der Waals surface area contributed by atoms with Crippen LogP contribution in [0.1, 0.15) is 24.0 Å². The molecule has 0 fully saturated rings. The third kappa shape index (κ3) is 6.36. The van der Waals surface area contributed by atoms with Crippen LogP contribution >= 0.6 is 23.5 Å². The molecule has 0 unspecified atom stereocenters. The molecule has 0 aliphatic carbocycles. The number of hydrogen-bond acceptors (Lipinski definition) is 6. The zero-order chi connectivity index (χ0) is 20.9. The normalized spacial score (nSPS) is 12.4. The Morgan fingerprint density at radius 2 is 1.07 bits per heavy atom. The number of alkyl halides is 6. The van der Waals surface area contributed by atoms with Crippen molar-refractivity contribution in [3.63, 3.8) is 0 Å². The molecule has 0 saturated heterocycles. The number of unbranched alkanes of at least 4 members (excludes halogenated alkanes) is 1. The number of anilines is 2. The van der Waals surface area contributed by atoms with Gasteiger partial charge in [-0.1, -0.05) is 0 Å². The summed E-state index contributed by atoms with van der Waals surface area (Å²) in [5.41, 5.74) is 8.77. The predicted octanol–water partition coefficient (Wildman–Crippen LogP) is 5.34. The molecule has 28 heavy (non-hydrogen) atoms. The van der Waals surface area contributed by atoms with Gasteiger partial charge in [-0.2, -0.15) is 26.3 Å². The molecule has 0 radical (unpaired) electrons. The van der Waals surface area contributed by atoms with Gasteiger partial charge in [0.05, 0.1) is 34.9 Å². The van der Waals surface area contributed by atoms with Gasteiger partial charge in [0, 0.05) is 0 Å². The number of aromatic nitrogens is 2. The van der Waals surface area contributed by atoms with Crippen molar-refractivity contribution >= 4 is 34.9 Å². The average Bonchev–Trinajstić information content (AvgIpc) is 2.58. The van der Waals surface area contributed by atoms with E-state index in [1.165, 1.54) is 0 Å². The van der Waals surface area contributed by atoms with Gasteiger partial charge in [-0.15, -0.1) is 23.5 Å². The van der Waals surface area contributed by atoms with E-state index in [2.05, 4.69) is 9.97 Å². The Morgan fingerprint density at radius 1 is 0.714 bits per heavy atom. The maximum absolute atomic E-state index is 13.0. The van der Waals surface area contributed by atoms with Crippen molar-refractivity contribution in [1.29, 1.82) is 0 Å². The summed E-state index contributed by atoms with van der Waals surface area (Å²) < 4.78 is 77.9. The minimum absolute atomic E-state index is 0.0791. The third-order valence-electron chi connectivity index (χ3n) is 3.37. The second kappa shape index (κ2) is 9.12. The number of nitrogen functional groups attached to an aromatic ring is 2. The third-order valence-corrected chi connectivity index (χ3v) is 5.55. The zero-order valence-electron chi connectivity index (χ0n) is 14.3. The van der Waals surface area contributed by atoms with Crippen LogP contribution in [0, 0.1) is 0 Å². The van der Waals surface area contributed by atoms with Crippen molar-refractivity contribution < 1.29 is 26.3 Å². The largest absolute Gasteiger partial charge is 0.419 e. The number of thioether (sulfide) groups is 2. The molecule has 0 aliphatic rings. The standard InChI is InChI=1S/C16H16F6N4S2/c17-15(18,19)11-5-9(23)7-25-13(11)27-3-1-2-4-28-14-12(16(20,21)22)6-10(24)8-26-14/h5-8H,1-4,23-24H2. The van der Waals surface area contributed by atoms with Gasteiger partial charge in [0.25, 0.3) is 0 Å². The van der Waals surface area contributed by atoms with E-state index in [9.17, 15) is 26.3 Å². The average molecular weight is 442 g/mol. The number of rotatable bonds is 7. The van der Waals surface area contributed by atoms with Crippen molar-refractivity contribution in [2.24, 2.45) is 0 Å². The summed E-state index contributed by atoms with van der Waals surface area (Å²) in [5, 5.41) is -0.345. The molecule has 0 atom stereocenters. The van der Waals surface area contributed by atoms with E-state index in [0.29, 0.717) is 24.3 Å². The molecule has 12 heteroatoms. The molecule has 0 bridgehead atoms. The fraction of sp³-hybridized carbons (Fsp3) is 0.375. The van der Waals surface area contributed by atoms with E-state index in [1.54, 1.807) is 0 Å². The van der Waals surface area contributed by atoms with Crippen molar-refractivity contribution in [1.82, 2.24) is 9.97 Å². The monoisotopic (exact) mass is 442 g/mol. The topological polar surface area (TPSA) is 77.8 Å². The summed E-state index contributed by atoms with van der Waals surface area (Å²) in [5.74, 6) is 0.670. The van der Waals surface area contributed by atoms with Gasteiger partial charge in [0.15, 0.2) is 0 Å². The SMILES string of the molecule is Nc1cnc(SCCCCSc2ncc(N)cc2C(F)(F)F)c(C(F)(F)F)c1. The Labute approximate surface area is 165 Å². The quantitative estimate of drug-likeness (QED) is 0.342. The molecular weight excluding hydrogens is 426 g/mol. The highest BCUT2D eigenvalue weighted by Crippen LogP contribution is 2.38. The summed E-state index contributed by atoms with van der Waals surface area (Å²) in [6, 6.07) is 1.66. The minimum atomic E-state index is -4.56. The summed E-state index contributed by atoms with van der Waals surface area (Å²) in [7, 11) is 0. The molecule has 2 aromatic heterocycles. The van der Waals surface area contributed by atoms with Crippen molar-refractivity contribution in [2.75, 3.05) is 23.0 Å². The number of pyridine rings is 2. The first-order valence-electron chi connectivity index (χ1n) is 7.89. The lowest BCUT2D eigenvalue weighted by Gasteiger charge is -2.13. The van der Waals surface area contributed by atoms with Gasteiger partial charge in [-0.05, 0) is 36.5 Å². The van der Waals surface area contributed by atoms with Gasteiger partial charge in [0.1, 0.15) is 10.1 Å². The first-order valence-corrected chi connectivity index (χ1v) is 9.86. The van der Waals surface area contributed by atoms with Gasteiger partial charge in [-0.25, -0.2) is 9.97 Å². The maximum atomic E-state index is 13.0. The second-order valence-electron chi connectivity index (χ2n) is 5.64. The van der Waals surface area contributed by atoms with Crippen LogP contribution < -0.4 is 11.5 Å². The van der Waals surface area contributed by atoms with Crippen LogP contribution in [0.3, 0.4) is 0 Å². The number of nitrogens with two attached hydrogens (primary N) is 2. The van der Waals surface area contributed by atoms with E-state index in [-0.39, 0.29) is 21.4 Å². The summed E-state index contributed by atoms with van der Waals surface area (Å²) in [6.07, 6.45) is -5.82. The number of halogens is 6. The van der Waals surface area contributed by atoms with Gasteiger partial charge >= 0.3 is 12.4 Å². The zero-order valence-corrected chi connectivity index (χ0v) is 15.9. The molecule has 2 rings (SSSR count). The van der Waals surface area contributed by atoms with Crippen LogP contribution in [0.2, 0.25) is 0 Å². The van der Waals surface area contributed by atoms with E-state index >= 15 is 0 Å². The highest BCUT2D eigenvalue weighted by atomic mass is 32.2. The van der Waals surface area contributed by atoms with E-state index < -0.39 is 23.5 Å². The van der Waals surface area contributed by atoms with Crippen LogP contribution in [-0.4, -0.2) is 21.5 Å². The molecular formula is C16H16F6N4S2. The molecule has 0 aliphatic heterocycles. The van der Waals surface area contributed by atoms with Gasteiger partial charge in [0.2, 0.25) is 0 Å². The first-order chi connectivity index (χ1) is 13.0. The Kier molecular flexibility index (Phi) is 7.32. The molecule has 2 aromatic rings. The second-order valence-corrected chi connectivity index (χ2v) is 7.81. The lowest BCUT2D eigenvalue weighted by atomic mass is 10.2. The lowest BCUT2D eigenvalue weighted by Crippen LogP contribution is -2.09. The summed E-state index contributed by atoms with van der Waals surface area (Å²) in [4.78, 5) is 7.45. The van der Waals surface area contributed by atoms with Gasteiger partial charge < -0.3 is 11.5 Å². The van der Waals surface area contributed by atoms with Crippen LogP contribution in [0.4, 0.5) is 37.7 Å². The first kappa shape index (κ1) is 22.5. The summed E-state index contributed by atoms with van der Waals surface area (Å²) >= 11 is 1.86. The highest BCUT2D eigenvalue weighted by Gasteiger charge is 2.35. The Balaban J connectivity index is 1.86. The summed E-state index contributed by atoms with van der Waals surface area (Å²) in [6.45, 7) is 0. The van der Waals surface area contributed by atoms with Crippen LogP contribution in [-0.2, 0) is 12.4 Å². The fourth-order valence-electron chi connectivity index (χ4n) is 2.11. The van der Waals surface area contributed by atoms with Crippen LogP contribution in [0.15, 0.2) is 34.6 Å². The van der Waals surface area contributed by atoms with Crippen molar-refractivity contribution in [2.45, 2.75) is 35.2 Å². The molecule has 0 saturated carbocycles. The van der Waals surface area contributed by atoms with Crippen molar-refractivity contribution in [3.8, 4) is 0 Å². The molecule has 0 aromatic carbocycles. The Morgan fingerprint density at radius 3 is 1.39 bits per heavy atom. The molecule has 4 nitrogen and oxygen atoms in total. The molecule has 4 N–H and O–H groups in total. The van der Waals surface area contributed by atoms with E-state index in [0.717, 1.165) is 48.1 Å². The van der Waals surface area contributed by atoms with E-state index in [1.807, 2.05) is 0 Å². The maximum Gasteiger partial charge on any atom is 0.419 e. The Hall–Kier alpha value is -1.82. The minimum Gasteiger partial charge on any atom is -0.397 e. The molecule has 0 spiro atoms. The fourth-order valence-corrected chi connectivity index (χ4v) is 4.11. The lowest BCUT2D eigenvalue weighted by molar-refractivity contribution is -0.140. The Bertz CT molecular complexity index is 743. The molecule has 0 amide bonds. The van der Waals surface area contributed by atoms with E-state index in [4.69, 9.17) is 11.5 Å². The number of nitrogens with zero attached hydrogens (tertiary/aromatic N) is 2. The van der Waals surface area contributed by atoms with Gasteiger partial charge in [-0.3, -0.25) is 0 Å². The smallest absolute Gasteiger partial charge is 0.397 e. The number of hydrogen-bond donors (Lipinski definition) is 2. The van der Waals surface area contributed by atoms with Crippen LogP contribution in [0.5, 0.6) is 0 Å². The van der Waals surface area contributed by atoms with Crippen LogP contribution in [0.25, 0.3) is 0 Å². The molecule has 2 heterocycles. The predicted molar refractivity (Wildman–Crippen MR) is 98.0 cm³/mol.